The van der Waals surface area contributed by atoms with Crippen molar-refractivity contribution in [3.63, 3.8) is 0 Å². The fraction of sp³-hybridized carbons (Fsp3) is 0.171. The van der Waals surface area contributed by atoms with Crippen molar-refractivity contribution in [2.24, 2.45) is 0 Å². The molecule has 0 saturated carbocycles. The molecule has 0 aliphatic heterocycles. The van der Waals surface area contributed by atoms with Crippen molar-refractivity contribution < 1.29 is 21.3 Å². The van der Waals surface area contributed by atoms with Gasteiger partial charge in [-0.25, -0.2) is 0 Å². The fourth-order valence-electron chi connectivity index (χ4n) is 6.37. The van der Waals surface area contributed by atoms with Crippen molar-refractivity contribution >= 4 is 15.9 Å². The molecule has 0 saturated heterocycles. The quantitative estimate of drug-likeness (QED) is 0.235. The fourth-order valence-corrected chi connectivity index (χ4v) is 15.5. The number of hydrogen-bond donors (Lipinski definition) is 0. The summed E-state index contributed by atoms with van der Waals surface area (Å²) < 4.78 is 3.96. The van der Waals surface area contributed by atoms with Gasteiger partial charge in [-0.3, -0.25) is 0 Å². The molecule has 1 heteroatoms. The summed E-state index contributed by atoms with van der Waals surface area (Å²) in [5, 5.41) is 0. The Labute approximate surface area is 223 Å². The van der Waals surface area contributed by atoms with Gasteiger partial charge in [0, 0.05) is 0 Å². The molecule has 2 aliphatic rings. The molecule has 0 bridgehead atoms. The predicted octanol–water partition coefficient (Wildman–Crippen LogP) is 9.47. The van der Waals surface area contributed by atoms with Crippen LogP contribution in [0.15, 0.2) is 108 Å². The second kappa shape index (κ2) is 9.87. The van der Waals surface area contributed by atoms with Crippen molar-refractivity contribution in [1.29, 1.82) is 0 Å². The average molecular weight is 544 g/mol. The van der Waals surface area contributed by atoms with Crippen molar-refractivity contribution in [3.05, 3.63) is 130 Å². The van der Waals surface area contributed by atoms with E-state index in [-0.39, 0.29) is 0 Å². The molecular weight excluding hydrogens is 512 g/mol. The van der Waals surface area contributed by atoms with Crippen molar-refractivity contribution in [2.45, 2.75) is 34.4 Å². The predicted molar refractivity (Wildman–Crippen MR) is 153 cm³/mol. The number of rotatable bonds is 5. The van der Waals surface area contributed by atoms with E-state index in [4.69, 9.17) is 0 Å². The second-order valence-electron chi connectivity index (χ2n) is 10.1. The molecule has 4 aromatic rings. The monoisotopic (exact) mass is 542 g/mol. The van der Waals surface area contributed by atoms with Crippen molar-refractivity contribution in [1.82, 2.24) is 0 Å². The summed E-state index contributed by atoms with van der Waals surface area (Å²) in [4.78, 5) is 0. The summed E-state index contributed by atoms with van der Waals surface area (Å²) in [5.41, 5.74) is 14.5. The zero-order valence-corrected chi connectivity index (χ0v) is 23.8. The summed E-state index contributed by atoms with van der Waals surface area (Å²) in [6, 6.07) is 35.8. The SMILES string of the molecule is CC[CH]=[Zr]([CH]1C(C)=Cc2c(-c3ccccc3)cccc21)[CH]1C(C)=Cc2c(-c3ccccc3)cccc21. The molecule has 2 aliphatic carbocycles. The molecule has 0 nitrogen and oxygen atoms in total. The molecule has 0 heterocycles. The zero-order chi connectivity index (χ0) is 24.6. The molecule has 0 amide bonds. The average Bonchev–Trinajstić information content (AvgIpc) is 3.43. The van der Waals surface area contributed by atoms with Crippen LogP contribution in [0.5, 0.6) is 0 Å². The third kappa shape index (κ3) is 3.99. The number of fused-ring (bicyclic) bond motifs is 2. The number of benzene rings is 4. The minimum atomic E-state index is -2.18. The molecule has 0 N–H and O–H groups in total. The van der Waals surface area contributed by atoms with Crippen LogP contribution in [-0.4, -0.2) is 3.71 Å². The van der Waals surface area contributed by atoms with Gasteiger partial charge in [0.1, 0.15) is 0 Å². The third-order valence-corrected chi connectivity index (χ3v) is 17.0. The summed E-state index contributed by atoms with van der Waals surface area (Å²) in [7, 11) is 0. The second-order valence-corrected chi connectivity index (χ2v) is 16.4. The Morgan fingerprint density at radius 1 is 0.583 bits per heavy atom. The van der Waals surface area contributed by atoms with Crippen LogP contribution in [0, 0.1) is 0 Å². The van der Waals surface area contributed by atoms with Crippen molar-refractivity contribution in [3.8, 4) is 22.3 Å². The molecule has 0 fully saturated rings. The van der Waals surface area contributed by atoms with E-state index < -0.39 is 21.3 Å². The first-order valence-corrected chi connectivity index (χ1v) is 17.4. The van der Waals surface area contributed by atoms with Crippen LogP contribution in [0.4, 0.5) is 0 Å². The molecule has 2 atom stereocenters. The Balaban J connectivity index is 1.47. The van der Waals surface area contributed by atoms with E-state index in [1.807, 2.05) is 0 Å². The maximum absolute atomic E-state index is 2.78. The first-order chi connectivity index (χ1) is 17.7. The standard InChI is InChI=1S/2C16H13.C3H6.Zr/c2*1-12-10-14-8-5-9-15(16(14)11-12)13-6-3-2-4-7-13;1-3-2;/h2*2-11H,1H3;1H,3H2,2H3;. The Morgan fingerprint density at radius 2 is 1.03 bits per heavy atom. The molecule has 176 valence electrons. The first kappa shape index (κ1) is 23.5. The van der Waals surface area contributed by atoms with Crippen LogP contribution in [0.3, 0.4) is 0 Å². The molecule has 6 rings (SSSR count). The molecule has 36 heavy (non-hydrogen) atoms. The van der Waals surface area contributed by atoms with Gasteiger partial charge in [0.25, 0.3) is 0 Å². The van der Waals surface area contributed by atoms with Gasteiger partial charge in [0.15, 0.2) is 0 Å². The maximum atomic E-state index is 2.78. The number of allylic oxidation sites excluding steroid dienone is 2. The summed E-state index contributed by atoms with van der Waals surface area (Å²) in [6.07, 6.45) is 6.16. The van der Waals surface area contributed by atoms with Crippen molar-refractivity contribution in [2.75, 3.05) is 0 Å². The molecule has 0 aromatic heterocycles. The van der Waals surface area contributed by atoms with Gasteiger partial charge in [-0.1, -0.05) is 0 Å². The normalized spacial score (nSPS) is 17.8. The first-order valence-electron chi connectivity index (χ1n) is 13.1. The molecule has 2 unspecified atom stereocenters. The van der Waals surface area contributed by atoms with Crippen LogP contribution in [0.2, 0.25) is 0 Å². The van der Waals surface area contributed by atoms with E-state index >= 15 is 0 Å². The van der Waals surface area contributed by atoms with Gasteiger partial charge >= 0.3 is 224 Å². The van der Waals surface area contributed by atoms with E-state index in [9.17, 15) is 0 Å². The van der Waals surface area contributed by atoms with Gasteiger partial charge in [-0.2, -0.15) is 0 Å². The van der Waals surface area contributed by atoms with Crippen LogP contribution in [-0.2, 0) is 21.3 Å². The molecule has 0 radical (unpaired) electrons. The topological polar surface area (TPSA) is 0 Å². The summed E-state index contributed by atoms with van der Waals surface area (Å²) in [5.74, 6) is 0. The van der Waals surface area contributed by atoms with E-state index in [2.05, 4.69) is 134 Å². The van der Waals surface area contributed by atoms with E-state index in [0.29, 0.717) is 7.25 Å². The Hall–Kier alpha value is -2.89. The van der Waals surface area contributed by atoms with Crippen LogP contribution in [0.1, 0.15) is 56.7 Å². The van der Waals surface area contributed by atoms with Gasteiger partial charge in [-0.15, -0.1) is 0 Å². The summed E-state index contributed by atoms with van der Waals surface area (Å²) >= 11 is -2.18. The molecule has 0 spiro atoms. The molecular formula is C35H32Zr. The number of hydrogen-bond acceptors (Lipinski definition) is 0. The summed E-state index contributed by atoms with van der Waals surface area (Å²) in [6.45, 7) is 7.11. The zero-order valence-electron chi connectivity index (χ0n) is 21.3. The van der Waals surface area contributed by atoms with Gasteiger partial charge in [0.05, 0.1) is 0 Å². The Morgan fingerprint density at radius 3 is 1.44 bits per heavy atom. The van der Waals surface area contributed by atoms with Crippen LogP contribution >= 0.6 is 0 Å². The van der Waals surface area contributed by atoms with Gasteiger partial charge in [-0.05, 0) is 0 Å². The Bertz CT molecular complexity index is 1410. The van der Waals surface area contributed by atoms with E-state index in [1.54, 1.807) is 22.3 Å². The van der Waals surface area contributed by atoms with Gasteiger partial charge in [0.2, 0.25) is 0 Å². The third-order valence-electron chi connectivity index (χ3n) is 7.83. The molecule has 4 aromatic carbocycles. The van der Waals surface area contributed by atoms with Gasteiger partial charge < -0.3 is 0 Å². The van der Waals surface area contributed by atoms with Crippen LogP contribution in [0.25, 0.3) is 34.4 Å². The van der Waals surface area contributed by atoms with Crippen LogP contribution < -0.4 is 0 Å². The minimum absolute atomic E-state index is 0.589. The van der Waals surface area contributed by atoms with E-state index in [1.165, 1.54) is 33.4 Å². The van der Waals surface area contributed by atoms with E-state index in [0.717, 1.165) is 6.42 Å². The Kier molecular flexibility index (Phi) is 6.45.